The normalized spacial score (nSPS) is 16.8. The number of aromatic carboxylic acids is 1. The lowest BCUT2D eigenvalue weighted by Crippen LogP contribution is -2.27. The highest BCUT2D eigenvalue weighted by Gasteiger charge is 2.25. The molecule has 5 heteroatoms. The number of hydrogen-bond donors (Lipinski definition) is 2. The molecule has 2 aromatic carbocycles. The second-order valence-corrected chi connectivity index (χ2v) is 7.99. The van der Waals surface area contributed by atoms with Crippen molar-refractivity contribution in [2.75, 3.05) is 11.4 Å². The molecule has 0 unspecified atom stereocenters. The van der Waals surface area contributed by atoms with Crippen molar-refractivity contribution >= 4 is 33.5 Å². The first kappa shape index (κ1) is 17.7. The lowest BCUT2D eigenvalue weighted by Gasteiger charge is -2.27. The van der Waals surface area contributed by atoms with E-state index >= 15 is 0 Å². The van der Waals surface area contributed by atoms with Gasteiger partial charge in [0.05, 0.1) is 23.0 Å². The average molecular weight is 385 g/mol. The fraction of sp³-hybridized carbons (Fsp3) is 0.250. The van der Waals surface area contributed by atoms with E-state index in [0.717, 1.165) is 63.7 Å². The second kappa shape index (κ2) is 6.62. The first-order valence-corrected chi connectivity index (χ1v) is 10.0. The molecule has 5 nitrogen and oxygen atoms in total. The maximum atomic E-state index is 11.6. The van der Waals surface area contributed by atoms with Crippen LogP contribution >= 0.6 is 0 Å². The first-order valence-electron chi connectivity index (χ1n) is 10.0. The van der Waals surface area contributed by atoms with Gasteiger partial charge in [-0.1, -0.05) is 6.07 Å². The largest absolute Gasteiger partial charge is 0.478 e. The molecular formula is C24H23N3O2. The summed E-state index contributed by atoms with van der Waals surface area (Å²) in [6.45, 7) is 5.29. The van der Waals surface area contributed by atoms with E-state index in [-0.39, 0.29) is 5.56 Å². The molecule has 1 fully saturated rings. The van der Waals surface area contributed by atoms with Crippen LogP contribution in [0.15, 0.2) is 48.7 Å². The molecule has 5 rings (SSSR count). The lowest BCUT2D eigenvalue weighted by atomic mass is 9.96. The van der Waals surface area contributed by atoms with Crippen molar-refractivity contribution in [1.82, 2.24) is 9.97 Å². The molecule has 0 radical (unpaired) electrons. The number of aromatic amines is 1. The zero-order valence-corrected chi connectivity index (χ0v) is 16.6. The summed E-state index contributed by atoms with van der Waals surface area (Å²) in [5.41, 5.74) is 6.55. The van der Waals surface area contributed by atoms with Gasteiger partial charge in [0.2, 0.25) is 0 Å². The van der Waals surface area contributed by atoms with Crippen molar-refractivity contribution in [3.05, 3.63) is 59.9 Å². The fourth-order valence-electron chi connectivity index (χ4n) is 4.56. The molecule has 1 saturated heterocycles. The summed E-state index contributed by atoms with van der Waals surface area (Å²) < 4.78 is 0. The number of carboxylic acid groups (broad SMARTS) is 1. The number of hydrogen-bond acceptors (Lipinski definition) is 3. The first-order chi connectivity index (χ1) is 14.0. The van der Waals surface area contributed by atoms with Crippen LogP contribution in [0, 0.1) is 6.92 Å². The van der Waals surface area contributed by atoms with E-state index in [0.29, 0.717) is 6.04 Å². The number of pyridine rings is 1. The number of fused-ring (bicyclic) bond motifs is 2. The van der Waals surface area contributed by atoms with E-state index in [4.69, 9.17) is 0 Å². The molecule has 29 heavy (non-hydrogen) atoms. The standard InChI is InChI=1S/C24H23N3O2/c1-14-10-18-11-16(5-7-20(18)26-14)23-19-12-17(24(28)29)6-8-21(19)25-13-22(23)27-9-3-4-15(27)2/h5-8,10-13,15,26H,3-4,9H2,1-2H3,(H,28,29)/t15-/m0/s1. The highest BCUT2D eigenvalue weighted by atomic mass is 16.4. The van der Waals surface area contributed by atoms with Crippen molar-refractivity contribution in [2.24, 2.45) is 0 Å². The predicted molar refractivity (Wildman–Crippen MR) is 117 cm³/mol. The van der Waals surface area contributed by atoms with Gasteiger partial charge in [-0.3, -0.25) is 4.98 Å². The van der Waals surface area contributed by atoms with Crippen LogP contribution in [0.4, 0.5) is 5.69 Å². The summed E-state index contributed by atoms with van der Waals surface area (Å²) in [7, 11) is 0. The van der Waals surface area contributed by atoms with Gasteiger partial charge in [-0.15, -0.1) is 0 Å². The van der Waals surface area contributed by atoms with Gasteiger partial charge in [0.15, 0.2) is 0 Å². The van der Waals surface area contributed by atoms with Crippen molar-refractivity contribution in [1.29, 1.82) is 0 Å². The number of carbonyl (C=O) groups is 1. The number of nitrogens with zero attached hydrogens (tertiary/aromatic N) is 2. The molecule has 1 atom stereocenters. The number of H-pyrrole nitrogens is 1. The Bertz CT molecular complexity index is 1260. The van der Waals surface area contributed by atoms with Crippen molar-refractivity contribution in [3.8, 4) is 11.1 Å². The Hall–Kier alpha value is -3.34. The minimum Gasteiger partial charge on any atom is -0.478 e. The summed E-state index contributed by atoms with van der Waals surface area (Å²) in [4.78, 5) is 22.1. The summed E-state index contributed by atoms with van der Waals surface area (Å²) in [5.74, 6) is -0.922. The molecule has 0 aliphatic carbocycles. The number of aryl methyl sites for hydroxylation is 1. The van der Waals surface area contributed by atoms with E-state index in [1.54, 1.807) is 18.2 Å². The molecule has 3 heterocycles. The number of rotatable bonds is 3. The van der Waals surface area contributed by atoms with Crippen molar-refractivity contribution in [2.45, 2.75) is 32.7 Å². The molecule has 0 bridgehead atoms. The van der Waals surface area contributed by atoms with E-state index < -0.39 is 5.97 Å². The monoisotopic (exact) mass is 385 g/mol. The van der Waals surface area contributed by atoms with Crippen LogP contribution in [0.2, 0.25) is 0 Å². The van der Waals surface area contributed by atoms with E-state index in [1.165, 1.54) is 0 Å². The Morgan fingerprint density at radius 1 is 1.21 bits per heavy atom. The van der Waals surface area contributed by atoms with Gasteiger partial charge in [-0.25, -0.2) is 4.79 Å². The maximum Gasteiger partial charge on any atom is 0.335 e. The van der Waals surface area contributed by atoms with Crippen LogP contribution in [0.25, 0.3) is 32.9 Å². The van der Waals surface area contributed by atoms with Gasteiger partial charge in [0, 0.05) is 40.1 Å². The summed E-state index contributed by atoms with van der Waals surface area (Å²) in [5, 5.41) is 11.6. The topological polar surface area (TPSA) is 69.2 Å². The zero-order valence-electron chi connectivity index (χ0n) is 16.6. The van der Waals surface area contributed by atoms with Gasteiger partial charge < -0.3 is 15.0 Å². The van der Waals surface area contributed by atoms with Gasteiger partial charge >= 0.3 is 5.97 Å². The van der Waals surface area contributed by atoms with Crippen LogP contribution in [0.1, 0.15) is 35.8 Å². The third-order valence-electron chi connectivity index (χ3n) is 6.00. The Morgan fingerprint density at radius 2 is 2.07 bits per heavy atom. The Morgan fingerprint density at radius 3 is 2.83 bits per heavy atom. The molecule has 1 aliphatic heterocycles. The number of anilines is 1. The van der Waals surface area contributed by atoms with Gasteiger partial charge in [0.25, 0.3) is 0 Å². The minimum atomic E-state index is -0.922. The van der Waals surface area contributed by atoms with E-state index in [9.17, 15) is 9.90 Å². The number of nitrogens with one attached hydrogen (secondary N) is 1. The Balaban J connectivity index is 1.82. The van der Waals surface area contributed by atoms with Gasteiger partial charge in [-0.2, -0.15) is 0 Å². The SMILES string of the molecule is Cc1cc2cc(-c3c(N4CCC[C@@H]4C)cnc4ccc(C(=O)O)cc34)ccc2[nH]1. The van der Waals surface area contributed by atoms with Gasteiger partial charge in [-0.05, 0) is 68.7 Å². The van der Waals surface area contributed by atoms with Crippen LogP contribution in [-0.2, 0) is 0 Å². The molecule has 0 spiro atoms. The molecular weight excluding hydrogens is 362 g/mol. The average Bonchev–Trinajstić information content (AvgIpc) is 3.30. The third kappa shape index (κ3) is 2.94. The maximum absolute atomic E-state index is 11.6. The fourth-order valence-corrected chi connectivity index (χ4v) is 4.56. The van der Waals surface area contributed by atoms with Crippen molar-refractivity contribution in [3.63, 3.8) is 0 Å². The smallest absolute Gasteiger partial charge is 0.335 e. The van der Waals surface area contributed by atoms with Crippen LogP contribution in [0.5, 0.6) is 0 Å². The third-order valence-corrected chi connectivity index (χ3v) is 6.00. The van der Waals surface area contributed by atoms with Gasteiger partial charge in [0.1, 0.15) is 0 Å². The number of benzene rings is 2. The highest BCUT2D eigenvalue weighted by molar-refractivity contribution is 6.05. The Kier molecular flexibility index (Phi) is 4.05. The number of aromatic nitrogens is 2. The predicted octanol–water partition coefficient (Wildman–Crippen LogP) is 5.38. The van der Waals surface area contributed by atoms with Crippen LogP contribution in [-0.4, -0.2) is 33.6 Å². The summed E-state index contributed by atoms with van der Waals surface area (Å²) in [6.07, 6.45) is 4.26. The summed E-state index contributed by atoms with van der Waals surface area (Å²) in [6, 6.07) is 14.2. The van der Waals surface area contributed by atoms with Crippen LogP contribution < -0.4 is 4.90 Å². The second-order valence-electron chi connectivity index (χ2n) is 7.99. The molecule has 0 saturated carbocycles. The molecule has 4 aromatic rings. The molecule has 2 aromatic heterocycles. The zero-order chi connectivity index (χ0) is 20.1. The van der Waals surface area contributed by atoms with Crippen molar-refractivity contribution < 1.29 is 9.90 Å². The number of carboxylic acids is 1. The van der Waals surface area contributed by atoms with E-state index in [2.05, 4.69) is 53.0 Å². The molecule has 146 valence electrons. The molecule has 0 amide bonds. The Labute approximate surface area is 169 Å². The molecule has 1 aliphatic rings. The molecule has 2 N–H and O–H groups in total. The lowest BCUT2D eigenvalue weighted by molar-refractivity contribution is 0.0697. The van der Waals surface area contributed by atoms with Crippen LogP contribution in [0.3, 0.4) is 0 Å². The van der Waals surface area contributed by atoms with E-state index in [1.807, 2.05) is 6.20 Å². The quantitative estimate of drug-likeness (QED) is 0.497. The summed E-state index contributed by atoms with van der Waals surface area (Å²) >= 11 is 0. The highest BCUT2D eigenvalue weighted by Crippen LogP contribution is 2.40. The minimum absolute atomic E-state index is 0.283.